The van der Waals surface area contributed by atoms with Crippen molar-refractivity contribution in [3.05, 3.63) is 0 Å². The molecule has 12 heavy (non-hydrogen) atoms. The van der Waals surface area contributed by atoms with E-state index in [-0.39, 0.29) is 0 Å². The van der Waals surface area contributed by atoms with E-state index >= 15 is 0 Å². The van der Waals surface area contributed by atoms with Gasteiger partial charge in [-0.3, -0.25) is 0 Å². The molecule has 0 saturated carbocycles. The summed E-state index contributed by atoms with van der Waals surface area (Å²) in [6.45, 7) is 6.56. The van der Waals surface area contributed by atoms with Crippen LogP contribution in [0.3, 0.4) is 0 Å². The van der Waals surface area contributed by atoms with Crippen molar-refractivity contribution in [2.24, 2.45) is 5.41 Å². The number of rotatable bonds is 4. The van der Waals surface area contributed by atoms with Crippen LogP contribution in [0.2, 0.25) is 0 Å². The lowest BCUT2D eigenvalue weighted by molar-refractivity contribution is -0.189. The minimum atomic E-state index is 0.576. The molecular weight excluding hydrogens is 154 g/mol. The minimum absolute atomic E-state index is 0.576. The highest BCUT2D eigenvalue weighted by Crippen LogP contribution is 2.37. The van der Waals surface area contributed by atoms with Crippen molar-refractivity contribution in [2.75, 3.05) is 46.6 Å². The molecule has 0 bridgehead atoms. The molecular formula is C9H17NO2. The molecule has 0 aliphatic carbocycles. The van der Waals surface area contributed by atoms with Gasteiger partial charge in [0.15, 0.2) is 0 Å². The van der Waals surface area contributed by atoms with Gasteiger partial charge in [-0.2, -0.15) is 0 Å². The SMILES string of the molecule is COCCCN1CC2(COC2)C1. The average Bonchev–Trinajstić information content (AvgIpc) is 1.90. The summed E-state index contributed by atoms with van der Waals surface area (Å²) in [5.41, 5.74) is 0.576. The van der Waals surface area contributed by atoms with E-state index in [1.54, 1.807) is 7.11 Å². The Labute approximate surface area is 73.6 Å². The van der Waals surface area contributed by atoms with Gasteiger partial charge < -0.3 is 14.4 Å². The Balaban J connectivity index is 1.56. The predicted molar refractivity (Wildman–Crippen MR) is 46.2 cm³/mol. The van der Waals surface area contributed by atoms with Crippen molar-refractivity contribution >= 4 is 0 Å². The normalized spacial score (nSPS) is 26.8. The van der Waals surface area contributed by atoms with E-state index in [1.807, 2.05) is 0 Å². The molecule has 3 nitrogen and oxygen atoms in total. The maximum absolute atomic E-state index is 5.20. The van der Waals surface area contributed by atoms with Crippen LogP contribution in [0.15, 0.2) is 0 Å². The van der Waals surface area contributed by atoms with Gasteiger partial charge in [-0.15, -0.1) is 0 Å². The second-order valence-electron chi connectivity index (χ2n) is 4.05. The third-order valence-electron chi connectivity index (χ3n) is 2.76. The predicted octanol–water partition coefficient (Wildman–Crippen LogP) is 0.355. The van der Waals surface area contributed by atoms with Crippen molar-refractivity contribution in [3.63, 3.8) is 0 Å². The van der Waals surface area contributed by atoms with Crippen LogP contribution in [0.4, 0.5) is 0 Å². The van der Waals surface area contributed by atoms with Gasteiger partial charge in [0.1, 0.15) is 0 Å². The molecule has 0 aromatic carbocycles. The summed E-state index contributed by atoms with van der Waals surface area (Å²) in [6.07, 6.45) is 1.16. The molecule has 2 aliphatic heterocycles. The quantitative estimate of drug-likeness (QED) is 0.570. The van der Waals surface area contributed by atoms with E-state index in [9.17, 15) is 0 Å². The summed E-state index contributed by atoms with van der Waals surface area (Å²) in [6, 6.07) is 0. The minimum Gasteiger partial charge on any atom is -0.385 e. The molecule has 2 aliphatic rings. The van der Waals surface area contributed by atoms with E-state index in [0.717, 1.165) is 26.2 Å². The van der Waals surface area contributed by atoms with Crippen LogP contribution in [0, 0.1) is 5.41 Å². The Bertz CT molecular complexity index is 149. The van der Waals surface area contributed by atoms with Crippen LogP contribution in [-0.4, -0.2) is 51.5 Å². The first-order valence-electron chi connectivity index (χ1n) is 4.64. The van der Waals surface area contributed by atoms with Crippen molar-refractivity contribution < 1.29 is 9.47 Å². The van der Waals surface area contributed by atoms with Gasteiger partial charge >= 0.3 is 0 Å². The zero-order chi connectivity index (χ0) is 8.44. The second kappa shape index (κ2) is 3.32. The zero-order valence-electron chi connectivity index (χ0n) is 7.71. The van der Waals surface area contributed by atoms with E-state index in [4.69, 9.17) is 9.47 Å². The highest BCUT2D eigenvalue weighted by atomic mass is 16.5. The Morgan fingerprint density at radius 1 is 1.42 bits per heavy atom. The van der Waals surface area contributed by atoms with Crippen molar-refractivity contribution in [3.8, 4) is 0 Å². The molecule has 2 heterocycles. The second-order valence-corrected chi connectivity index (χ2v) is 4.05. The molecule has 0 amide bonds. The van der Waals surface area contributed by atoms with Crippen LogP contribution in [0.5, 0.6) is 0 Å². The third kappa shape index (κ3) is 1.49. The molecule has 0 N–H and O–H groups in total. The molecule has 2 fully saturated rings. The maximum atomic E-state index is 5.20. The smallest absolute Gasteiger partial charge is 0.0569 e. The first-order chi connectivity index (χ1) is 5.85. The summed E-state index contributed by atoms with van der Waals surface area (Å²) in [5, 5.41) is 0. The summed E-state index contributed by atoms with van der Waals surface area (Å²) in [7, 11) is 1.76. The number of methoxy groups -OCH3 is 1. The lowest BCUT2D eigenvalue weighted by Gasteiger charge is -2.55. The monoisotopic (exact) mass is 171 g/mol. The first-order valence-corrected chi connectivity index (χ1v) is 4.64. The standard InChI is InChI=1S/C9H17NO2/c1-11-4-2-3-10-5-9(6-10)7-12-8-9/h2-8H2,1H3. The highest BCUT2D eigenvalue weighted by molar-refractivity contribution is 4.99. The fourth-order valence-electron chi connectivity index (χ4n) is 2.07. The van der Waals surface area contributed by atoms with Gasteiger partial charge in [0.25, 0.3) is 0 Å². The number of likely N-dealkylation sites (tertiary alicyclic amines) is 1. The van der Waals surface area contributed by atoms with E-state index in [0.29, 0.717) is 5.41 Å². The summed E-state index contributed by atoms with van der Waals surface area (Å²) in [5.74, 6) is 0. The van der Waals surface area contributed by atoms with Crippen molar-refractivity contribution in [1.29, 1.82) is 0 Å². The van der Waals surface area contributed by atoms with E-state index in [2.05, 4.69) is 4.90 Å². The molecule has 2 saturated heterocycles. The van der Waals surface area contributed by atoms with E-state index in [1.165, 1.54) is 19.6 Å². The maximum Gasteiger partial charge on any atom is 0.0569 e. The van der Waals surface area contributed by atoms with Crippen LogP contribution in [-0.2, 0) is 9.47 Å². The Morgan fingerprint density at radius 3 is 2.67 bits per heavy atom. The molecule has 3 heteroatoms. The lowest BCUT2D eigenvalue weighted by Crippen LogP contribution is -2.65. The topological polar surface area (TPSA) is 21.7 Å². The van der Waals surface area contributed by atoms with Gasteiger partial charge in [0.2, 0.25) is 0 Å². The molecule has 1 spiro atoms. The van der Waals surface area contributed by atoms with Crippen LogP contribution < -0.4 is 0 Å². The van der Waals surface area contributed by atoms with Crippen LogP contribution in [0.1, 0.15) is 6.42 Å². The molecule has 0 aromatic rings. The molecule has 0 atom stereocenters. The van der Waals surface area contributed by atoms with Crippen LogP contribution >= 0.6 is 0 Å². The fraction of sp³-hybridized carbons (Fsp3) is 1.00. The van der Waals surface area contributed by atoms with Crippen LogP contribution in [0.25, 0.3) is 0 Å². The number of hydrogen-bond acceptors (Lipinski definition) is 3. The van der Waals surface area contributed by atoms with Gasteiger partial charge in [-0.25, -0.2) is 0 Å². The number of nitrogens with zero attached hydrogens (tertiary/aromatic N) is 1. The average molecular weight is 171 g/mol. The van der Waals surface area contributed by atoms with Crippen molar-refractivity contribution in [2.45, 2.75) is 6.42 Å². The third-order valence-corrected chi connectivity index (χ3v) is 2.76. The molecule has 70 valence electrons. The molecule has 0 unspecified atom stereocenters. The van der Waals surface area contributed by atoms with Gasteiger partial charge in [0.05, 0.1) is 13.2 Å². The molecule has 2 rings (SSSR count). The Morgan fingerprint density at radius 2 is 2.17 bits per heavy atom. The number of ether oxygens (including phenoxy) is 2. The molecule has 0 radical (unpaired) electrons. The summed E-state index contributed by atoms with van der Waals surface area (Å²) < 4.78 is 10.2. The number of hydrogen-bond donors (Lipinski definition) is 0. The molecule has 0 aromatic heterocycles. The van der Waals surface area contributed by atoms with Gasteiger partial charge in [-0.1, -0.05) is 0 Å². The Hall–Kier alpha value is -0.120. The van der Waals surface area contributed by atoms with E-state index < -0.39 is 0 Å². The van der Waals surface area contributed by atoms with Crippen molar-refractivity contribution in [1.82, 2.24) is 4.90 Å². The van der Waals surface area contributed by atoms with Gasteiger partial charge in [0, 0.05) is 38.8 Å². The summed E-state index contributed by atoms with van der Waals surface area (Å²) in [4.78, 5) is 2.49. The largest absolute Gasteiger partial charge is 0.385 e. The highest BCUT2D eigenvalue weighted by Gasteiger charge is 2.48. The zero-order valence-corrected chi connectivity index (χ0v) is 7.71. The fourth-order valence-corrected chi connectivity index (χ4v) is 2.07. The Kier molecular flexibility index (Phi) is 2.35. The lowest BCUT2D eigenvalue weighted by atomic mass is 9.78. The van der Waals surface area contributed by atoms with Gasteiger partial charge in [-0.05, 0) is 6.42 Å². The summed E-state index contributed by atoms with van der Waals surface area (Å²) >= 11 is 0. The first kappa shape index (κ1) is 8.48.